The summed E-state index contributed by atoms with van der Waals surface area (Å²) < 4.78 is 0. The smallest absolute Gasteiger partial charge is 0.203 e. The molecule has 0 fully saturated rings. The maximum atomic E-state index is 5.00. The van der Waals surface area contributed by atoms with Crippen LogP contribution in [0, 0.1) is 6.92 Å². The zero-order valence-corrected chi connectivity index (χ0v) is 15.7. The molecule has 0 spiro atoms. The number of nitrogens with zero attached hydrogens (tertiary/aromatic N) is 1. The van der Waals surface area contributed by atoms with Crippen molar-refractivity contribution >= 4 is 29.0 Å². The summed E-state index contributed by atoms with van der Waals surface area (Å²) in [6.45, 7) is 2.21. The maximum absolute atomic E-state index is 5.00. The molecule has 0 radical (unpaired) electrons. The van der Waals surface area contributed by atoms with Crippen LogP contribution >= 0.6 is 0 Å². The third-order valence-electron chi connectivity index (χ3n) is 5.53. The summed E-state index contributed by atoms with van der Waals surface area (Å²) in [7, 11) is -2.37. The maximum Gasteiger partial charge on any atom is 0.203 e. The monoisotopic (exact) mass is 349 g/mol. The van der Waals surface area contributed by atoms with Crippen LogP contribution in [-0.2, 0) is 0 Å². The van der Waals surface area contributed by atoms with Gasteiger partial charge in [-0.05, 0) is 39.7 Å². The Balaban J connectivity index is 2.00. The van der Waals surface area contributed by atoms with E-state index in [0.29, 0.717) is 0 Å². The van der Waals surface area contributed by atoms with Crippen molar-refractivity contribution in [1.29, 1.82) is 0 Å². The van der Waals surface area contributed by atoms with E-state index in [4.69, 9.17) is 4.98 Å². The SMILES string of the molecule is Cc1ccnc2c1-c1ccccc1[Si]2(c1ccccc1)c1ccccc1. The van der Waals surface area contributed by atoms with Gasteiger partial charge in [-0.25, -0.2) is 0 Å². The van der Waals surface area contributed by atoms with Crippen LogP contribution in [0.3, 0.4) is 0 Å². The highest BCUT2D eigenvalue weighted by molar-refractivity contribution is 7.21. The molecule has 1 nitrogen and oxygen atoms in total. The molecule has 2 heterocycles. The number of pyridine rings is 1. The summed E-state index contributed by atoms with van der Waals surface area (Å²) in [6, 6.07) is 33.0. The molecular formula is C24H19NSi. The predicted molar refractivity (Wildman–Crippen MR) is 112 cm³/mol. The van der Waals surface area contributed by atoms with Crippen LogP contribution in [0.2, 0.25) is 0 Å². The van der Waals surface area contributed by atoms with E-state index in [1.807, 2.05) is 6.20 Å². The third-order valence-corrected chi connectivity index (χ3v) is 10.3. The highest BCUT2D eigenvalue weighted by atomic mass is 28.3. The summed E-state index contributed by atoms with van der Waals surface area (Å²) >= 11 is 0. The minimum atomic E-state index is -2.37. The molecule has 1 aromatic heterocycles. The normalized spacial score (nSPS) is 13.9. The lowest BCUT2D eigenvalue weighted by molar-refractivity contribution is 1.34. The highest BCUT2D eigenvalue weighted by Gasteiger charge is 2.50. The molecule has 124 valence electrons. The van der Waals surface area contributed by atoms with Crippen LogP contribution in [-0.4, -0.2) is 13.1 Å². The number of aryl methyl sites for hydroxylation is 1. The van der Waals surface area contributed by atoms with Gasteiger partial charge in [0, 0.05) is 17.1 Å². The fourth-order valence-electron chi connectivity index (χ4n) is 4.47. The molecule has 1 aliphatic rings. The second-order valence-corrected chi connectivity index (χ2v) is 10.5. The van der Waals surface area contributed by atoms with Crippen molar-refractivity contribution in [3.8, 4) is 11.1 Å². The van der Waals surface area contributed by atoms with Crippen LogP contribution in [0.1, 0.15) is 5.56 Å². The lowest BCUT2D eigenvalue weighted by Gasteiger charge is -2.30. The van der Waals surface area contributed by atoms with Gasteiger partial charge in [0.25, 0.3) is 0 Å². The molecule has 0 bridgehead atoms. The van der Waals surface area contributed by atoms with Gasteiger partial charge in [0.05, 0.1) is 0 Å². The van der Waals surface area contributed by atoms with Crippen LogP contribution < -0.4 is 20.9 Å². The van der Waals surface area contributed by atoms with E-state index in [2.05, 4.69) is 97.9 Å². The number of aromatic nitrogens is 1. The average Bonchev–Trinajstić information content (AvgIpc) is 3.02. The molecule has 5 rings (SSSR count). The summed E-state index contributed by atoms with van der Waals surface area (Å²) in [5.74, 6) is 0. The molecule has 0 saturated heterocycles. The largest absolute Gasteiger partial charge is 0.264 e. The Bertz CT molecular complexity index is 1050. The Morgan fingerprint density at radius 2 is 1.23 bits per heavy atom. The van der Waals surface area contributed by atoms with Gasteiger partial charge in [-0.2, -0.15) is 0 Å². The Morgan fingerprint density at radius 1 is 0.654 bits per heavy atom. The van der Waals surface area contributed by atoms with Crippen molar-refractivity contribution in [3.63, 3.8) is 0 Å². The molecule has 0 saturated carbocycles. The van der Waals surface area contributed by atoms with E-state index in [0.717, 1.165) is 0 Å². The number of hydrogen-bond donors (Lipinski definition) is 0. The van der Waals surface area contributed by atoms with Crippen LogP contribution in [0.15, 0.2) is 97.2 Å². The van der Waals surface area contributed by atoms with E-state index >= 15 is 0 Å². The van der Waals surface area contributed by atoms with Crippen molar-refractivity contribution in [2.75, 3.05) is 0 Å². The average molecular weight is 350 g/mol. The van der Waals surface area contributed by atoms with Crippen molar-refractivity contribution in [1.82, 2.24) is 4.98 Å². The van der Waals surface area contributed by atoms with Crippen molar-refractivity contribution in [2.24, 2.45) is 0 Å². The lowest BCUT2D eigenvalue weighted by atomic mass is 10.0. The molecule has 0 N–H and O–H groups in total. The Labute approximate surface area is 155 Å². The zero-order valence-electron chi connectivity index (χ0n) is 14.7. The van der Waals surface area contributed by atoms with Crippen molar-refractivity contribution in [2.45, 2.75) is 6.92 Å². The third kappa shape index (κ3) is 1.93. The first-order valence-electron chi connectivity index (χ1n) is 9.00. The van der Waals surface area contributed by atoms with Gasteiger partial charge in [-0.3, -0.25) is 4.98 Å². The van der Waals surface area contributed by atoms with Gasteiger partial charge >= 0.3 is 0 Å². The number of rotatable bonds is 2. The molecule has 1 aliphatic heterocycles. The summed E-state index contributed by atoms with van der Waals surface area (Å²) in [5, 5.41) is 5.52. The Hall–Kier alpha value is -2.97. The highest BCUT2D eigenvalue weighted by Crippen LogP contribution is 2.29. The Morgan fingerprint density at radius 3 is 1.88 bits per heavy atom. The second kappa shape index (κ2) is 5.79. The van der Waals surface area contributed by atoms with Gasteiger partial charge in [0.2, 0.25) is 8.07 Å². The van der Waals surface area contributed by atoms with E-state index in [9.17, 15) is 0 Å². The van der Waals surface area contributed by atoms with Crippen LogP contribution in [0.5, 0.6) is 0 Å². The van der Waals surface area contributed by atoms with E-state index < -0.39 is 8.07 Å². The topological polar surface area (TPSA) is 12.9 Å². The van der Waals surface area contributed by atoms with Crippen LogP contribution in [0.4, 0.5) is 0 Å². The molecule has 26 heavy (non-hydrogen) atoms. The fraction of sp³-hybridized carbons (Fsp3) is 0.0417. The van der Waals surface area contributed by atoms with Gasteiger partial charge in [0.1, 0.15) is 0 Å². The number of benzene rings is 3. The molecule has 0 amide bonds. The van der Waals surface area contributed by atoms with E-state index in [1.165, 1.54) is 37.6 Å². The van der Waals surface area contributed by atoms with E-state index in [-0.39, 0.29) is 0 Å². The van der Waals surface area contributed by atoms with Crippen molar-refractivity contribution < 1.29 is 0 Å². The van der Waals surface area contributed by atoms with E-state index in [1.54, 1.807) is 0 Å². The quantitative estimate of drug-likeness (QED) is 0.447. The Kier molecular flexibility index (Phi) is 3.40. The molecular weight excluding hydrogens is 330 g/mol. The van der Waals surface area contributed by atoms with Crippen molar-refractivity contribution in [3.05, 3.63) is 103 Å². The van der Waals surface area contributed by atoms with Gasteiger partial charge in [-0.15, -0.1) is 0 Å². The second-order valence-electron chi connectivity index (χ2n) is 6.88. The summed E-state index contributed by atoms with van der Waals surface area (Å²) in [5.41, 5.74) is 4.00. The summed E-state index contributed by atoms with van der Waals surface area (Å²) in [6.07, 6.45) is 1.98. The van der Waals surface area contributed by atoms with Gasteiger partial charge in [0.15, 0.2) is 0 Å². The minimum Gasteiger partial charge on any atom is -0.264 e. The first kappa shape index (κ1) is 15.3. The number of hydrogen-bond acceptors (Lipinski definition) is 1. The first-order chi connectivity index (χ1) is 12.8. The molecule has 0 aliphatic carbocycles. The molecule has 2 heteroatoms. The van der Waals surface area contributed by atoms with Gasteiger partial charge in [-0.1, -0.05) is 84.9 Å². The zero-order chi connectivity index (χ0) is 17.6. The van der Waals surface area contributed by atoms with Crippen LogP contribution in [0.25, 0.3) is 11.1 Å². The molecule has 3 aromatic carbocycles. The summed E-state index contributed by atoms with van der Waals surface area (Å²) in [4.78, 5) is 5.00. The fourth-order valence-corrected chi connectivity index (χ4v) is 9.54. The lowest BCUT2D eigenvalue weighted by Crippen LogP contribution is -2.73. The number of fused-ring (bicyclic) bond motifs is 3. The minimum absolute atomic E-state index is 1.27. The predicted octanol–water partition coefficient (Wildman–Crippen LogP) is 2.75. The standard InChI is InChI=1S/C24H19NSi/c1-18-16-17-25-24-23(18)21-14-8-9-15-22(21)26(24,19-10-4-2-5-11-19)20-12-6-3-7-13-20/h2-17H,1H3. The molecule has 0 atom stereocenters. The van der Waals surface area contributed by atoms with Gasteiger partial charge < -0.3 is 0 Å². The molecule has 0 unspecified atom stereocenters. The first-order valence-corrected chi connectivity index (χ1v) is 11.0. The molecule has 4 aromatic rings.